The van der Waals surface area contributed by atoms with E-state index in [1.807, 2.05) is 19.2 Å². The lowest BCUT2D eigenvalue weighted by Crippen LogP contribution is -2.41. The summed E-state index contributed by atoms with van der Waals surface area (Å²) in [5, 5.41) is 16.2. The topological polar surface area (TPSA) is 84.2 Å². The van der Waals surface area contributed by atoms with Crippen molar-refractivity contribution < 1.29 is 14.7 Å². The van der Waals surface area contributed by atoms with Gasteiger partial charge < -0.3 is 10.4 Å². The molecule has 2 N–H and O–H groups in total. The van der Waals surface area contributed by atoms with Gasteiger partial charge in [-0.2, -0.15) is 5.10 Å². The molecule has 20 heavy (non-hydrogen) atoms. The highest BCUT2D eigenvalue weighted by Crippen LogP contribution is 2.30. The Morgan fingerprint density at radius 2 is 2.05 bits per heavy atom. The van der Waals surface area contributed by atoms with Gasteiger partial charge in [0.05, 0.1) is 12.0 Å². The van der Waals surface area contributed by atoms with Gasteiger partial charge in [-0.1, -0.05) is 13.8 Å². The highest BCUT2D eigenvalue weighted by atomic mass is 16.4. The van der Waals surface area contributed by atoms with Crippen LogP contribution < -0.4 is 5.32 Å². The SMILES string of the molecule is CCC(CC)(CC(=O)NC(C)Cn1cccn1)C(=O)O. The van der Waals surface area contributed by atoms with Gasteiger partial charge in [0, 0.05) is 24.9 Å². The van der Waals surface area contributed by atoms with Crippen molar-refractivity contribution in [2.45, 2.75) is 52.6 Å². The summed E-state index contributed by atoms with van der Waals surface area (Å²) < 4.78 is 1.73. The van der Waals surface area contributed by atoms with Gasteiger partial charge in [-0.25, -0.2) is 0 Å². The Labute approximate surface area is 119 Å². The first kappa shape index (κ1) is 16.2. The Hall–Kier alpha value is -1.85. The number of carboxylic acid groups (broad SMARTS) is 1. The molecule has 0 spiro atoms. The fourth-order valence-corrected chi connectivity index (χ4v) is 2.25. The van der Waals surface area contributed by atoms with Crippen molar-refractivity contribution in [2.75, 3.05) is 0 Å². The number of aromatic nitrogens is 2. The van der Waals surface area contributed by atoms with Gasteiger partial charge in [0.15, 0.2) is 0 Å². The summed E-state index contributed by atoms with van der Waals surface area (Å²) in [5.74, 6) is -1.13. The van der Waals surface area contributed by atoms with E-state index >= 15 is 0 Å². The number of rotatable bonds is 8. The number of amides is 1. The van der Waals surface area contributed by atoms with Crippen molar-refractivity contribution in [3.05, 3.63) is 18.5 Å². The third-order valence-corrected chi connectivity index (χ3v) is 3.73. The summed E-state index contributed by atoms with van der Waals surface area (Å²) in [6.07, 6.45) is 4.40. The number of carboxylic acids is 1. The van der Waals surface area contributed by atoms with E-state index in [2.05, 4.69) is 10.4 Å². The molecule has 1 aromatic rings. The Kier molecular flexibility index (Phi) is 5.73. The number of nitrogens with one attached hydrogen (secondary N) is 1. The van der Waals surface area contributed by atoms with E-state index < -0.39 is 11.4 Å². The molecule has 6 heteroatoms. The smallest absolute Gasteiger partial charge is 0.310 e. The molecule has 1 amide bonds. The molecule has 0 saturated carbocycles. The average Bonchev–Trinajstić information content (AvgIpc) is 2.88. The molecular weight excluding hydrogens is 258 g/mol. The van der Waals surface area contributed by atoms with Crippen LogP contribution in [0.3, 0.4) is 0 Å². The first-order valence-corrected chi connectivity index (χ1v) is 6.93. The minimum atomic E-state index is -0.963. The second-order valence-electron chi connectivity index (χ2n) is 5.17. The molecule has 1 atom stereocenters. The Morgan fingerprint density at radius 1 is 1.40 bits per heavy atom. The molecule has 1 unspecified atom stereocenters. The van der Waals surface area contributed by atoms with E-state index in [0.717, 1.165) is 0 Å². The molecule has 0 aromatic carbocycles. The number of carbonyl (C=O) groups is 2. The van der Waals surface area contributed by atoms with Gasteiger partial charge in [0.2, 0.25) is 5.91 Å². The molecule has 0 aliphatic carbocycles. The zero-order valence-electron chi connectivity index (χ0n) is 12.3. The average molecular weight is 281 g/mol. The number of hydrogen-bond donors (Lipinski definition) is 2. The van der Waals surface area contributed by atoms with Crippen LogP contribution in [0.5, 0.6) is 0 Å². The van der Waals surface area contributed by atoms with Crippen LogP contribution in [0.15, 0.2) is 18.5 Å². The maximum Gasteiger partial charge on any atom is 0.310 e. The minimum absolute atomic E-state index is 0.0127. The highest BCUT2D eigenvalue weighted by molar-refractivity contribution is 5.85. The fraction of sp³-hybridized carbons (Fsp3) is 0.643. The van der Waals surface area contributed by atoms with Gasteiger partial charge in [-0.3, -0.25) is 14.3 Å². The Morgan fingerprint density at radius 3 is 2.50 bits per heavy atom. The molecule has 1 heterocycles. The third-order valence-electron chi connectivity index (χ3n) is 3.73. The standard InChI is InChI=1S/C14H23N3O3/c1-4-14(5-2,13(19)20)9-12(18)16-11(3)10-17-8-6-7-15-17/h6-8,11H,4-5,9-10H2,1-3H3,(H,16,18)(H,19,20). The van der Waals surface area contributed by atoms with Crippen LogP contribution in [-0.4, -0.2) is 32.8 Å². The zero-order valence-corrected chi connectivity index (χ0v) is 12.3. The normalized spacial score (nSPS) is 12.9. The number of carbonyl (C=O) groups excluding carboxylic acids is 1. The highest BCUT2D eigenvalue weighted by Gasteiger charge is 2.37. The van der Waals surface area contributed by atoms with Gasteiger partial charge >= 0.3 is 5.97 Å². The van der Waals surface area contributed by atoms with Gasteiger partial charge in [0.1, 0.15) is 0 Å². The number of nitrogens with zero attached hydrogens (tertiary/aromatic N) is 2. The lowest BCUT2D eigenvalue weighted by atomic mass is 9.79. The van der Waals surface area contributed by atoms with Crippen LogP contribution in [0.4, 0.5) is 0 Å². The van der Waals surface area contributed by atoms with Gasteiger partial charge in [-0.15, -0.1) is 0 Å². The first-order chi connectivity index (χ1) is 9.43. The molecule has 1 rings (SSSR count). The second kappa shape index (κ2) is 7.07. The minimum Gasteiger partial charge on any atom is -0.481 e. The summed E-state index contributed by atoms with van der Waals surface area (Å²) in [4.78, 5) is 23.4. The Bertz CT molecular complexity index is 439. The molecule has 0 aliphatic rings. The fourth-order valence-electron chi connectivity index (χ4n) is 2.25. The summed E-state index contributed by atoms with van der Waals surface area (Å²) in [6, 6.07) is 1.72. The molecule has 1 aromatic heterocycles. The quantitative estimate of drug-likeness (QED) is 0.759. The van der Waals surface area contributed by atoms with Crippen LogP contribution in [-0.2, 0) is 16.1 Å². The van der Waals surface area contributed by atoms with Crippen LogP contribution >= 0.6 is 0 Å². The number of hydrogen-bond acceptors (Lipinski definition) is 3. The van der Waals surface area contributed by atoms with E-state index in [1.165, 1.54) is 0 Å². The van der Waals surface area contributed by atoms with Crippen LogP contribution in [0.25, 0.3) is 0 Å². The van der Waals surface area contributed by atoms with Gasteiger partial charge in [0.25, 0.3) is 0 Å². The van der Waals surface area contributed by atoms with E-state index in [4.69, 9.17) is 0 Å². The zero-order chi connectivity index (χ0) is 15.2. The molecule has 0 radical (unpaired) electrons. The number of aliphatic carboxylic acids is 1. The summed E-state index contributed by atoms with van der Waals surface area (Å²) in [5.41, 5.74) is -0.963. The molecule has 0 bridgehead atoms. The van der Waals surface area contributed by atoms with E-state index in [1.54, 1.807) is 24.7 Å². The monoisotopic (exact) mass is 281 g/mol. The summed E-state index contributed by atoms with van der Waals surface area (Å²) >= 11 is 0. The molecule has 6 nitrogen and oxygen atoms in total. The Balaban J connectivity index is 2.55. The summed E-state index contributed by atoms with van der Waals surface area (Å²) in [7, 11) is 0. The van der Waals surface area contributed by atoms with E-state index in [9.17, 15) is 14.7 Å². The van der Waals surface area contributed by atoms with Crippen LogP contribution in [0.1, 0.15) is 40.0 Å². The molecule has 0 fully saturated rings. The van der Waals surface area contributed by atoms with E-state index in [-0.39, 0.29) is 18.4 Å². The predicted octanol–water partition coefficient (Wildman–Crippen LogP) is 1.67. The van der Waals surface area contributed by atoms with Crippen molar-refractivity contribution in [2.24, 2.45) is 5.41 Å². The lowest BCUT2D eigenvalue weighted by molar-refractivity contribution is -0.152. The second-order valence-corrected chi connectivity index (χ2v) is 5.17. The lowest BCUT2D eigenvalue weighted by Gasteiger charge is -2.26. The van der Waals surface area contributed by atoms with Crippen molar-refractivity contribution in [1.82, 2.24) is 15.1 Å². The van der Waals surface area contributed by atoms with Gasteiger partial charge in [-0.05, 0) is 25.8 Å². The third kappa shape index (κ3) is 4.08. The molecule has 0 saturated heterocycles. The largest absolute Gasteiger partial charge is 0.481 e. The van der Waals surface area contributed by atoms with Crippen LogP contribution in [0.2, 0.25) is 0 Å². The van der Waals surface area contributed by atoms with E-state index in [0.29, 0.717) is 19.4 Å². The molecule has 0 aliphatic heterocycles. The summed E-state index contributed by atoms with van der Waals surface area (Å²) in [6.45, 7) is 6.05. The van der Waals surface area contributed by atoms with Crippen LogP contribution in [0, 0.1) is 5.41 Å². The molecular formula is C14H23N3O3. The van der Waals surface area contributed by atoms with Crippen molar-refractivity contribution in [3.63, 3.8) is 0 Å². The van der Waals surface area contributed by atoms with Crippen molar-refractivity contribution in [1.29, 1.82) is 0 Å². The van der Waals surface area contributed by atoms with Crippen molar-refractivity contribution >= 4 is 11.9 Å². The first-order valence-electron chi connectivity index (χ1n) is 6.93. The maximum absolute atomic E-state index is 12.0. The van der Waals surface area contributed by atoms with Crippen molar-refractivity contribution in [3.8, 4) is 0 Å². The maximum atomic E-state index is 12.0. The molecule has 112 valence electrons. The predicted molar refractivity (Wildman–Crippen MR) is 75.1 cm³/mol.